The second kappa shape index (κ2) is 4.84. The van der Waals surface area contributed by atoms with Crippen LogP contribution in [0.15, 0.2) is 43.0 Å². The van der Waals surface area contributed by atoms with Crippen molar-refractivity contribution in [3.8, 4) is 0 Å². The predicted octanol–water partition coefficient (Wildman–Crippen LogP) is 2.12. The van der Waals surface area contributed by atoms with Gasteiger partial charge in [0.05, 0.1) is 5.69 Å². The summed E-state index contributed by atoms with van der Waals surface area (Å²) >= 11 is 0. The summed E-state index contributed by atoms with van der Waals surface area (Å²) in [5, 5.41) is 1.90. The summed E-state index contributed by atoms with van der Waals surface area (Å²) in [6.45, 7) is 4.53. The molecule has 3 heteroatoms. The van der Waals surface area contributed by atoms with Crippen molar-refractivity contribution in [3.05, 3.63) is 43.0 Å². The van der Waals surface area contributed by atoms with E-state index in [4.69, 9.17) is 0 Å². The fourth-order valence-electron chi connectivity index (χ4n) is 1.92. The summed E-state index contributed by atoms with van der Waals surface area (Å²) in [7, 11) is 0. The minimum atomic E-state index is 0.0810. The fraction of sp³-hybridized carbons (Fsp3) is 0.308. The van der Waals surface area contributed by atoms with Gasteiger partial charge in [-0.15, -0.1) is 6.58 Å². The van der Waals surface area contributed by atoms with E-state index in [2.05, 4.69) is 12.0 Å². The number of rotatable bonds is 3. The molecule has 3 nitrogen and oxygen atoms in total. The van der Waals surface area contributed by atoms with Crippen molar-refractivity contribution in [2.45, 2.75) is 12.8 Å². The number of benzene rings is 1. The van der Waals surface area contributed by atoms with Crippen LogP contribution in [-0.2, 0) is 4.79 Å². The lowest BCUT2D eigenvalue weighted by Gasteiger charge is -2.33. The topological polar surface area (TPSA) is 32.3 Å². The standard InChI is InChI=1S/C13H16N2O/c1-2-6-11-9-10-15(14-13(11)16)12-7-4-3-5-8-12/h2-5,7-8,11H,1,6,9-10H2,(H,14,16). The Kier molecular flexibility index (Phi) is 3.25. The van der Waals surface area contributed by atoms with E-state index in [-0.39, 0.29) is 11.8 Å². The normalized spacial score (nSPS) is 20.4. The minimum absolute atomic E-state index is 0.0810. The number of anilines is 1. The first-order valence-corrected chi connectivity index (χ1v) is 5.55. The molecular weight excluding hydrogens is 200 g/mol. The number of allylic oxidation sites excluding steroid dienone is 1. The van der Waals surface area contributed by atoms with Crippen LogP contribution in [-0.4, -0.2) is 12.5 Å². The van der Waals surface area contributed by atoms with E-state index in [1.54, 1.807) is 0 Å². The van der Waals surface area contributed by atoms with Crippen LogP contribution in [0.1, 0.15) is 12.8 Å². The van der Waals surface area contributed by atoms with Gasteiger partial charge in [-0.2, -0.15) is 0 Å². The van der Waals surface area contributed by atoms with Crippen molar-refractivity contribution >= 4 is 11.6 Å². The number of nitrogens with zero attached hydrogens (tertiary/aromatic N) is 1. The van der Waals surface area contributed by atoms with E-state index >= 15 is 0 Å². The van der Waals surface area contributed by atoms with E-state index in [9.17, 15) is 4.79 Å². The third kappa shape index (κ3) is 2.24. The molecule has 1 N–H and O–H groups in total. The average molecular weight is 216 g/mol. The van der Waals surface area contributed by atoms with E-state index < -0.39 is 0 Å². The average Bonchev–Trinajstić information content (AvgIpc) is 2.33. The molecule has 16 heavy (non-hydrogen) atoms. The van der Waals surface area contributed by atoms with Crippen molar-refractivity contribution in [1.82, 2.24) is 5.43 Å². The minimum Gasteiger partial charge on any atom is -0.286 e. The second-order valence-electron chi connectivity index (χ2n) is 3.97. The molecule has 84 valence electrons. The number of amides is 1. The first-order valence-electron chi connectivity index (χ1n) is 5.55. The van der Waals surface area contributed by atoms with Crippen molar-refractivity contribution < 1.29 is 4.79 Å². The molecule has 1 aliphatic heterocycles. The van der Waals surface area contributed by atoms with Crippen LogP contribution in [0, 0.1) is 5.92 Å². The number of nitrogens with one attached hydrogen (secondary N) is 1. The summed E-state index contributed by atoms with van der Waals surface area (Å²) < 4.78 is 0. The monoisotopic (exact) mass is 216 g/mol. The maximum absolute atomic E-state index is 11.8. The molecule has 1 saturated heterocycles. The van der Waals surface area contributed by atoms with Crippen LogP contribution < -0.4 is 10.4 Å². The Morgan fingerprint density at radius 2 is 2.19 bits per heavy atom. The molecule has 0 aromatic heterocycles. The Morgan fingerprint density at radius 3 is 2.81 bits per heavy atom. The van der Waals surface area contributed by atoms with Crippen molar-refractivity contribution in [3.63, 3.8) is 0 Å². The van der Waals surface area contributed by atoms with Gasteiger partial charge in [0.15, 0.2) is 0 Å². The first kappa shape index (κ1) is 10.7. The van der Waals surface area contributed by atoms with Gasteiger partial charge in [-0.1, -0.05) is 24.3 Å². The van der Waals surface area contributed by atoms with Crippen LogP contribution in [0.3, 0.4) is 0 Å². The maximum atomic E-state index is 11.8. The summed E-state index contributed by atoms with van der Waals surface area (Å²) in [4.78, 5) is 11.8. The molecule has 0 spiro atoms. The highest BCUT2D eigenvalue weighted by atomic mass is 16.2. The lowest BCUT2D eigenvalue weighted by Crippen LogP contribution is -2.51. The molecule has 1 heterocycles. The zero-order chi connectivity index (χ0) is 11.4. The summed E-state index contributed by atoms with van der Waals surface area (Å²) in [6.07, 6.45) is 3.45. The molecule has 1 unspecified atom stereocenters. The maximum Gasteiger partial charge on any atom is 0.241 e. The van der Waals surface area contributed by atoms with E-state index in [1.165, 1.54) is 0 Å². The molecule has 0 radical (unpaired) electrons. The van der Waals surface area contributed by atoms with Crippen LogP contribution in [0.2, 0.25) is 0 Å². The Labute approximate surface area is 95.7 Å². The Balaban J connectivity index is 2.02. The molecule has 0 saturated carbocycles. The van der Waals surface area contributed by atoms with Gasteiger partial charge >= 0.3 is 0 Å². The molecule has 0 aliphatic carbocycles. The molecule has 1 aromatic carbocycles. The Morgan fingerprint density at radius 1 is 1.44 bits per heavy atom. The Hall–Kier alpha value is -1.77. The van der Waals surface area contributed by atoms with Gasteiger partial charge in [0, 0.05) is 12.5 Å². The highest BCUT2D eigenvalue weighted by molar-refractivity contribution is 5.81. The molecule has 1 fully saturated rings. The zero-order valence-electron chi connectivity index (χ0n) is 9.23. The number of carbonyl (C=O) groups excluding carboxylic acids is 1. The van der Waals surface area contributed by atoms with E-state index in [1.807, 2.05) is 41.4 Å². The van der Waals surface area contributed by atoms with Gasteiger partial charge in [0.2, 0.25) is 5.91 Å². The fourth-order valence-corrected chi connectivity index (χ4v) is 1.92. The van der Waals surface area contributed by atoms with E-state index in [0.29, 0.717) is 0 Å². The van der Waals surface area contributed by atoms with Gasteiger partial charge in [-0.3, -0.25) is 15.2 Å². The van der Waals surface area contributed by atoms with Gasteiger partial charge in [0.1, 0.15) is 0 Å². The van der Waals surface area contributed by atoms with Crippen LogP contribution in [0.4, 0.5) is 5.69 Å². The largest absolute Gasteiger partial charge is 0.286 e. The zero-order valence-corrected chi connectivity index (χ0v) is 9.23. The molecule has 1 amide bonds. The van der Waals surface area contributed by atoms with Crippen molar-refractivity contribution in [2.75, 3.05) is 11.6 Å². The molecule has 1 aromatic rings. The van der Waals surface area contributed by atoms with Crippen molar-refractivity contribution in [2.24, 2.45) is 5.92 Å². The van der Waals surface area contributed by atoms with Crippen LogP contribution >= 0.6 is 0 Å². The number of carbonyl (C=O) groups is 1. The number of hydrogen-bond acceptors (Lipinski definition) is 2. The highest BCUT2D eigenvalue weighted by Gasteiger charge is 2.25. The molecular formula is C13H16N2O. The predicted molar refractivity (Wildman–Crippen MR) is 64.9 cm³/mol. The molecule has 0 bridgehead atoms. The van der Waals surface area contributed by atoms with E-state index in [0.717, 1.165) is 25.1 Å². The molecule has 1 aliphatic rings. The highest BCUT2D eigenvalue weighted by Crippen LogP contribution is 2.19. The number of para-hydroxylation sites is 1. The Bertz CT molecular complexity index is 375. The van der Waals surface area contributed by atoms with Gasteiger partial charge < -0.3 is 0 Å². The molecule has 1 atom stereocenters. The third-order valence-electron chi connectivity index (χ3n) is 2.84. The first-order chi connectivity index (χ1) is 7.81. The third-order valence-corrected chi connectivity index (χ3v) is 2.84. The van der Waals surface area contributed by atoms with Gasteiger partial charge in [0.25, 0.3) is 0 Å². The summed E-state index contributed by atoms with van der Waals surface area (Å²) in [5.74, 6) is 0.174. The van der Waals surface area contributed by atoms with Crippen molar-refractivity contribution in [1.29, 1.82) is 0 Å². The number of hydrogen-bond donors (Lipinski definition) is 1. The lowest BCUT2D eigenvalue weighted by molar-refractivity contribution is -0.126. The SMILES string of the molecule is C=CCC1CCN(c2ccccc2)NC1=O. The summed E-state index contributed by atoms with van der Waals surface area (Å²) in [6, 6.07) is 9.90. The van der Waals surface area contributed by atoms with Crippen LogP contribution in [0.5, 0.6) is 0 Å². The van der Waals surface area contributed by atoms with Gasteiger partial charge in [-0.05, 0) is 25.0 Å². The number of hydrazine groups is 1. The van der Waals surface area contributed by atoms with Gasteiger partial charge in [-0.25, -0.2) is 0 Å². The molecule has 2 rings (SSSR count). The van der Waals surface area contributed by atoms with Crippen LogP contribution in [0.25, 0.3) is 0 Å². The lowest BCUT2D eigenvalue weighted by atomic mass is 9.99. The second-order valence-corrected chi connectivity index (χ2v) is 3.97. The summed E-state index contributed by atoms with van der Waals surface area (Å²) in [5.41, 5.74) is 3.95. The quantitative estimate of drug-likeness (QED) is 0.785. The smallest absolute Gasteiger partial charge is 0.241 e.